The average molecular weight is 414 g/mol. The lowest BCUT2D eigenvalue weighted by molar-refractivity contribution is 0.0946. The Morgan fingerprint density at radius 2 is 1.86 bits per heavy atom. The van der Waals surface area contributed by atoms with Crippen LogP contribution in [-0.2, 0) is 9.84 Å². The van der Waals surface area contributed by atoms with Crippen LogP contribution in [0.5, 0.6) is 5.75 Å². The molecule has 0 radical (unpaired) electrons. The minimum Gasteiger partial charge on any atom is -0.490 e. The molecule has 2 heterocycles. The molecule has 8 heteroatoms. The van der Waals surface area contributed by atoms with Crippen molar-refractivity contribution in [3.63, 3.8) is 0 Å². The van der Waals surface area contributed by atoms with Gasteiger partial charge in [-0.15, -0.1) is 0 Å². The Morgan fingerprint density at radius 3 is 2.55 bits per heavy atom. The number of amides is 1. The maximum atomic E-state index is 12.5. The van der Waals surface area contributed by atoms with Crippen molar-refractivity contribution in [1.29, 1.82) is 0 Å². The molecule has 1 amide bonds. The third-order valence-corrected chi connectivity index (χ3v) is 6.57. The number of nitrogens with one attached hydrogen (secondary N) is 2. The van der Waals surface area contributed by atoms with Crippen molar-refractivity contribution in [1.82, 2.24) is 10.3 Å². The van der Waals surface area contributed by atoms with E-state index in [-0.39, 0.29) is 17.4 Å². The number of aromatic nitrogens is 1. The molecule has 0 bridgehead atoms. The van der Waals surface area contributed by atoms with Crippen LogP contribution in [0.4, 0.5) is 0 Å². The zero-order valence-electron chi connectivity index (χ0n) is 15.8. The number of carbonyl (C=O) groups is 1. The van der Waals surface area contributed by atoms with Crippen molar-refractivity contribution in [3.8, 4) is 17.0 Å². The molecule has 152 valence electrons. The maximum absolute atomic E-state index is 12.5. The van der Waals surface area contributed by atoms with Gasteiger partial charge in [0.1, 0.15) is 11.3 Å². The molecule has 1 saturated carbocycles. The second kappa shape index (κ2) is 7.87. The van der Waals surface area contributed by atoms with Crippen molar-refractivity contribution in [3.05, 3.63) is 63.8 Å². The van der Waals surface area contributed by atoms with Crippen LogP contribution >= 0.6 is 0 Å². The molecule has 2 aliphatic rings. The van der Waals surface area contributed by atoms with E-state index in [0.717, 1.165) is 36.7 Å². The van der Waals surface area contributed by atoms with Crippen LogP contribution in [0, 0.1) is 0 Å². The maximum Gasteiger partial charge on any atom is 0.261 e. The number of rotatable bonds is 5. The van der Waals surface area contributed by atoms with Gasteiger partial charge in [-0.3, -0.25) is 9.59 Å². The van der Waals surface area contributed by atoms with Gasteiger partial charge < -0.3 is 15.0 Å². The fourth-order valence-electron chi connectivity index (χ4n) is 3.70. The molecule has 0 saturated heterocycles. The van der Waals surface area contributed by atoms with Gasteiger partial charge in [-0.25, -0.2) is 8.42 Å². The molecule has 7 nitrogen and oxygen atoms in total. The predicted molar refractivity (Wildman–Crippen MR) is 110 cm³/mol. The third-order valence-electron chi connectivity index (χ3n) is 5.17. The van der Waals surface area contributed by atoms with Crippen LogP contribution in [0.25, 0.3) is 11.3 Å². The topological polar surface area (TPSA) is 105 Å². The summed E-state index contributed by atoms with van der Waals surface area (Å²) < 4.78 is 29.1. The quantitative estimate of drug-likeness (QED) is 0.782. The van der Waals surface area contributed by atoms with Crippen LogP contribution in [0.1, 0.15) is 36.0 Å². The smallest absolute Gasteiger partial charge is 0.261 e. The second-order valence-corrected chi connectivity index (χ2v) is 9.30. The fourth-order valence-corrected chi connectivity index (χ4v) is 4.93. The zero-order valence-corrected chi connectivity index (χ0v) is 16.6. The molecule has 1 aromatic carbocycles. The minimum atomic E-state index is -3.29. The molecule has 0 unspecified atom stereocenters. The Morgan fingerprint density at radius 1 is 1.10 bits per heavy atom. The van der Waals surface area contributed by atoms with Crippen molar-refractivity contribution in [2.24, 2.45) is 0 Å². The molecule has 4 rings (SSSR count). The first-order chi connectivity index (χ1) is 13.9. The highest BCUT2D eigenvalue weighted by Gasteiger charge is 2.24. The molecule has 1 fully saturated rings. The molecule has 0 spiro atoms. The van der Waals surface area contributed by atoms with Gasteiger partial charge in [0.05, 0.1) is 23.6 Å². The van der Waals surface area contributed by atoms with E-state index in [9.17, 15) is 18.0 Å². The standard InChI is InChI=1S/C21H22N2O5S/c24-20(22-14-11-12-29(26,27)13-14)17-9-10-18(23-21(17)25)16-7-3-4-8-19(16)28-15-5-1-2-6-15/h3-4,7-12,14-15H,1-2,5-6,13H2,(H,22,24)(H,23,25)/t14-/m1/s1. The first-order valence-electron chi connectivity index (χ1n) is 9.62. The molecule has 1 aromatic heterocycles. The van der Waals surface area contributed by atoms with Crippen LogP contribution in [0.2, 0.25) is 0 Å². The van der Waals surface area contributed by atoms with Gasteiger partial charge in [0.2, 0.25) is 0 Å². The summed E-state index contributed by atoms with van der Waals surface area (Å²) in [7, 11) is -3.29. The highest BCUT2D eigenvalue weighted by Crippen LogP contribution is 2.31. The molecular formula is C21H22N2O5S. The summed E-state index contributed by atoms with van der Waals surface area (Å²) in [6.45, 7) is 0. The van der Waals surface area contributed by atoms with Gasteiger partial charge in [0.15, 0.2) is 9.84 Å². The fraction of sp³-hybridized carbons (Fsp3) is 0.333. The Hall–Kier alpha value is -2.87. The van der Waals surface area contributed by atoms with E-state index < -0.39 is 27.3 Å². The van der Waals surface area contributed by atoms with Crippen molar-refractivity contribution in [2.45, 2.75) is 37.8 Å². The van der Waals surface area contributed by atoms with Crippen LogP contribution in [-0.4, -0.2) is 37.2 Å². The summed E-state index contributed by atoms with van der Waals surface area (Å²) in [5.41, 5.74) is 0.706. The van der Waals surface area contributed by atoms with Gasteiger partial charge >= 0.3 is 0 Å². The number of hydrogen-bond donors (Lipinski definition) is 2. The minimum absolute atomic E-state index is 0.0689. The van der Waals surface area contributed by atoms with Crippen LogP contribution in [0.15, 0.2) is 52.7 Å². The number of ether oxygens (including phenoxy) is 1. The monoisotopic (exact) mass is 414 g/mol. The number of carbonyl (C=O) groups excluding carboxylic acids is 1. The lowest BCUT2D eigenvalue weighted by Gasteiger charge is -2.16. The summed E-state index contributed by atoms with van der Waals surface area (Å²) in [5.74, 6) is -0.103. The van der Waals surface area contributed by atoms with Gasteiger partial charge in [0.25, 0.3) is 11.5 Å². The average Bonchev–Trinajstić information content (AvgIpc) is 3.31. The van der Waals surface area contributed by atoms with Crippen molar-refractivity contribution >= 4 is 15.7 Å². The normalized spacial score (nSPS) is 20.6. The van der Waals surface area contributed by atoms with E-state index in [1.54, 1.807) is 6.07 Å². The van der Waals surface area contributed by atoms with E-state index in [4.69, 9.17) is 4.74 Å². The lowest BCUT2D eigenvalue weighted by atomic mass is 10.1. The van der Waals surface area contributed by atoms with Crippen LogP contribution < -0.4 is 15.6 Å². The SMILES string of the molecule is O=C(N[C@@H]1C=CS(=O)(=O)C1)c1ccc(-c2ccccc2OC2CCCC2)[nH]c1=O. The highest BCUT2D eigenvalue weighted by atomic mass is 32.2. The van der Waals surface area contributed by atoms with Gasteiger partial charge in [0, 0.05) is 11.0 Å². The summed E-state index contributed by atoms with van der Waals surface area (Å²) in [6, 6.07) is 9.96. The zero-order chi connectivity index (χ0) is 20.4. The molecule has 1 atom stereocenters. The largest absolute Gasteiger partial charge is 0.490 e. The molecular weight excluding hydrogens is 392 g/mol. The highest BCUT2D eigenvalue weighted by molar-refractivity contribution is 7.94. The molecule has 1 aliphatic heterocycles. The number of H-pyrrole nitrogens is 1. The summed E-state index contributed by atoms with van der Waals surface area (Å²) >= 11 is 0. The van der Waals surface area contributed by atoms with E-state index in [1.165, 1.54) is 12.1 Å². The summed E-state index contributed by atoms with van der Waals surface area (Å²) in [4.78, 5) is 27.7. The van der Waals surface area contributed by atoms with Gasteiger partial charge in [-0.2, -0.15) is 0 Å². The van der Waals surface area contributed by atoms with E-state index in [0.29, 0.717) is 11.4 Å². The molecule has 2 N–H and O–H groups in total. The Kier molecular flexibility index (Phi) is 5.27. The number of sulfone groups is 1. The second-order valence-electron chi connectivity index (χ2n) is 7.37. The van der Waals surface area contributed by atoms with Crippen molar-refractivity contribution < 1.29 is 17.9 Å². The van der Waals surface area contributed by atoms with Gasteiger partial charge in [-0.1, -0.05) is 12.1 Å². The third kappa shape index (κ3) is 4.42. The van der Waals surface area contributed by atoms with E-state index in [2.05, 4.69) is 10.3 Å². The lowest BCUT2D eigenvalue weighted by Crippen LogP contribution is -2.38. The molecule has 2 aromatic rings. The Bertz CT molecular complexity index is 1110. The number of aromatic amines is 1. The first kappa shape index (κ1) is 19.4. The summed E-state index contributed by atoms with van der Waals surface area (Å²) in [6.07, 6.45) is 5.95. The number of pyridine rings is 1. The number of hydrogen-bond acceptors (Lipinski definition) is 5. The molecule has 1 aliphatic carbocycles. The van der Waals surface area contributed by atoms with E-state index in [1.807, 2.05) is 24.3 Å². The van der Waals surface area contributed by atoms with Crippen LogP contribution in [0.3, 0.4) is 0 Å². The number of benzene rings is 1. The Balaban J connectivity index is 1.54. The van der Waals surface area contributed by atoms with Gasteiger partial charge in [-0.05, 0) is 56.0 Å². The summed E-state index contributed by atoms with van der Waals surface area (Å²) in [5, 5.41) is 3.64. The first-order valence-corrected chi connectivity index (χ1v) is 11.3. The predicted octanol–water partition coefficient (Wildman–Crippen LogP) is 2.40. The van der Waals surface area contributed by atoms with E-state index >= 15 is 0 Å². The molecule has 29 heavy (non-hydrogen) atoms. The number of para-hydroxylation sites is 1. The Labute approximate surface area is 168 Å². The van der Waals surface area contributed by atoms with Crippen molar-refractivity contribution in [2.75, 3.05) is 5.75 Å².